The third kappa shape index (κ3) is 5.36. The zero-order chi connectivity index (χ0) is 24.0. The maximum atomic E-state index is 13.5. The van der Waals surface area contributed by atoms with E-state index in [0.29, 0.717) is 47.0 Å². The van der Waals surface area contributed by atoms with Gasteiger partial charge in [-0.3, -0.25) is 9.80 Å². The van der Waals surface area contributed by atoms with E-state index in [4.69, 9.17) is 42.8 Å². The van der Waals surface area contributed by atoms with Crippen molar-refractivity contribution in [1.29, 1.82) is 0 Å². The van der Waals surface area contributed by atoms with Gasteiger partial charge in [0.15, 0.2) is 22.4 Å². The molecule has 1 amide bonds. The fourth-order valence-electron chi connectivity index (χ4n) is 3.72. The molecule has 0 radical (unpaired) electrons. The summed E-state index contributed by atoms with van der Waals surface area (Å²) in [5, 5.41) is 7.43. The largest absolute Gasteiger partial charge is 0.496 e. The normalized spacial score (nSPS) is 13.0. The van der Waals surface area contributed by atoms with Crippen LogP contribution < -0.4 is 24.3 Å². The molecule has 1 aliphatic heterocycles. The predicted molar refractivity (Wildman–Crippen MR) is 131 cm³/mol. The van der Waals surface area contributed by atoms with Crippen LogP contribution in [0.25, 0.3) is 0 Å². The van der Waals surface area contributed by atoms with Crippen molar-refractivity contribution in [3.63, 3.8) is 0 Å². The Hall–Kier alpha value is -2.91. The zero-order valence-corrected chi connectivity index (χ0v) is 20.7. The Morgan fingerprint density at radius 2 is 1.64 bits per heavy atom. The first-order chi connectivity index (χ1) is 15.9. The number of halogens is 1. The number of rotatable bonds is 8. The Kier molecular flexibility index (Phi) is 8.46. The number of carbonyl (C=O) groups is 1. The highest BCUT2D eigenvalue weighted by Crippen LogP contribution is 2.37. The summed E-state index contributed by atoms with van der Waals surface area (Å²) >= 11 is 11.9. The fraction of sp³-hybridized carbons (Fsp3) is 0.391. The summed E-state index contributed by atoms with van der Waals surface area (Å²) in [6.45, 7) is 1.74. The number of methoxy groups -OCH3 is 4. The number of hydrazine groups is 1. The lowest BCUT2D eigenvalue weighted by molar-refractivity contribution is 0.0485. The highest BCUT2D eigenvalue weighted by atomic mass is 35.5. The average Bonchev–Trinajstić information content (AvgIpc) is 3.33. The average molecular weight is 494 g/mol. The predicted octanol–water partition coefficient (Wildman–Crippen LogP) is 3.55. The van der Waals surface area contributed by atoms with Crippen molar-refractivity contribution < 1.29 is 23.7 Å². The van der Waals surface area contributed by atoms with E-state index in [9.17, 15) is 4.79 Å². The molecule has 2 aromatic rings. The Morgan fingerprint density at radius 1 is 0.970 bits per heavy atom. The van der Waals surface area contributed by atoms with Crippen LogP contribution in [0.3, 0.4) is 0 Å². The molecule has 3 rings (SSSR count). The van der Waals surface area contributed by atoms with Crippen molar-refractivity contribution in [3.8, 4) is 23.0 Å². The first kappa shape index (κ1) is 24.7. The molecule has 0 aromatic heterocycles. The topological polar surface area (TPSA) is 72.5 Å². The fourth-order valence-corrected chi connectivity index (χ4v) is 4.24. The second kappa shape index (κ2) is 11.3. The van der Waals surface area contributed by atoms with E-state index >= 15 is 0 Å². The molecule has 0 saturated carbocycles. The molecule has 8 nitrogen and oxygen atoms in total. The van der Waals surface area contributed by atoms with E-state index in [1.165, 1.54) is 14.2 Å². The van der Waals surface area contributed by atoms with E-state index in [-0.39, 0.29) is 17.2 Å². The molecule has 2 aromatic carbocycles. The van der Waals surface area contributed by atoms with Gasteiger partial charge in [-0.05, 0) is 54.9 Å². The van der Waals surface area contributed by atoms with Crippen LogP contribution in [0.4, 0.5) is 0 Å². The second-order valence-corrected chi connectivity index (χ2v) is 8.03. The molecule has 1 fully saturated rings. The molecule has 0 bridgehead atoms. The van der Waals surface area contributed by atoms with Crippen molar-refractivity contribution in [3.05, 3.63) is 46.5 Å². The van der Waals surface area contributed by atoms with Crippen molar-refractivity contribution in [1.82, 2.24) is 15.3 Å². The van der Waals surface area contributed by atoms with E-state index in [1.807, 2.05) is 18.2 Å². The summed E-state index contributed by atoms with van der Waals surface area (Å²) in [4.78, 5) is 13.5. The van der Waals surface area contributed by atoms with Crippen molar-refractivity contribution in [2.24, 2.45) is 0 Å². The first-order valence-corrected chi connectivity index (χ1v) is 11.2. The summed E-state index contributed by atoms with van der Waals surface area (Å²) in [6, 6.07) is 9.08. The molecular formula is C23H28ClN3O5S. The highest BCUT2D eigenvalue weighted by molar-refractivity contribution is 7.80. The van der Waals surface area contributed by atoms with Crippen molar-refractivity contribution >= 4 is 34.8 Å². The van der Waals surface area contributed by atoms with Crippen LogP contribution >= 0.6 is 23.8 Å². The number of ether oxygens (including phenoxy) is 4. The summed E-state index contributed by atoms with van der Waals surface area (Å²) in [5.41, 5.74) is 1.35. The number of benzene rings is 2. The summed E-state index contributed by atoms with van der Waals surface area (Å²) in [5.74, 6) is 1.74. The third-order valence-corrected chi connectivity index (χ3v) is 6.00. The Labute approximate surface area is 204 Å². The number of nitrogens with one attached hydrogen (secondary N) is 1. The lowest BCUT2D eigenvalue weighted by Crippen LogP contribution is -2.49. The van der Waals surface area contributed by atoms with Gasteiger partial charge in [0.2, 0.25) is 0 Å². The van der Waals surface area contributed by atoms with Crippen LogP contribution in [0.5, 0.6) is 23.0 Å². The van der Waals surface area contributed by atoms with Crippen molar-refractivity contribution in [2.75, 3.05) is 48.1 Å². The number of amides is 1. The number of nitrogens with zero attached hydrogens (tertiary/aromatic N) is 2. The molecule has 1 aliphatic rings. The minimum Gasteiger partial charge on any atom is -0.496 e. The van der Waals surface area contributed by atoms with Gasteiger partial charge >= 0.3 is 0 Å². The molecule has 1 heterocycles. The molecule has 1 N–H and O–H groups in total. The van der Waals surface area contributed by atoms with E-state index in [1.54, 1.807) is 36.4 Å². The molecule has 0 spiro atoms. The van der Waals surface area contributed by atoms with Crippen LogP contribution in [-0.2, 0) is 6.42 Å². The van der Waals surface area contributed by atoms with Crippen LogP contribution in [0.1, 0.15) is 22.3 Å². The maximum absolute atomic E-state index is 13.5. The lowest BCUT2D eigenvalue weighted by Gasteiger charge is -2.31. The first-order valence-electron chi connectivity index (χ1n) is 10.4. The zero-order valence-electron chi connectivity index (χ0n) is 19.1. The van der Waals surface area contributed by atoms with E-state index in [2.05, 4.69) is 5.32 Å². The third-order valence-electron chi connectivity index (χ3n) is 5.35. The highest BCUT2D eigenvalue weighted by Gasteiger charge is 2.33. The second-order valence-electron chi connectivity index (χ2n) is 7.23. The van der Waals surface area contributed by atoms with Crippen molar-refractivity contribution in [2.45, 2.75) is 12.8 Å². The summed E-state index contributed by atoms with van der Waals surface area (Å²) in [7, 11) is 6.19. The molecule has 178 valence electrons. The van der Waals surface area contributed by atoms with Crippen LogP contribution in [-0.4, -0.2) is 69.1 Å². The number of thiocarbonyl (C=S) groups is 1. The maximum Gasteiger partial charge on any atom is 0.280 e. The van der Waals surface area contributed by atoms with Gasteiger partial charge in [0.25, 0.3) is 5.91 Å². The lowest BCUT2D eigenvalue weighted by atomic mass is 10.1. The summed E-state index contributed by atoms with van der Waals surface area (Å²) < 4.78 is 21.4. The molecule has 0 unspecified atom stereocenters. The Morgan fingerprint density at radius 3 is 2.30 bits per heavy atom. The summed E-state index contributed by atoms with van der Waals surface area (Å²) in [6.07, 6.45) is 1.51. The van der Waals surface area contributed by atoms with Gasteiger partial charge in [-0.1, -0.05) is 17.7 Å². The SMILES string of the molecule is COc1ccc(CCNC(=S)N2CCCN2C(=O)c2c(OC)ccc(Cl)c2OC)cc1OC. The molecule has 1 saturated heterocycles. The van der Waals surface area contributed by atoms with Gasteiger partial charge in [-0.2, -0.15) is 0 Å². The number of carbonyl (C=O) groups excluding carboxylic acids is 1. The minimum absolute atomic E-state index is 0.271. The van der Waals surface area contributed by atoms with Crippen LogP contribution in [0, 0.1) is 0 Å². The van der Waals surface area contributed by atoms with Gasteiger partial charge in [0, 0.05) is 19.6 Å². The molecule has 33 heavy (non-hydrogen) atoms. The standard InChI is InChI=1S/C23H28ClN3O5S/c1-29-17-8-6-15(14-19(17)31-3)10-11-25-23(33)27-13-5-12-26(27)22(28)20-18(30-2)9-7-16(24)21(20)32-4/h6-9,14H,5,10-13H2,1-4H3,(H,25,33). The number of hydrogen-bond donors (Lipinski definition) is 1. The van der Waals surface area contributed by atoms with E-state index < -0.39 is 0 Å². The van der Waals surface area contributed by atoms with Gasteiger partial charge in [0.1, 0.15) is 11.3 Å². The quantitative estimate of drug-likeness (QED) is 0.560. The Bertz CT molecular complexity index is 1020. The molecule has 0 atom stereocenters. The van der Waals surface area contributed by atoms with Crippen LogP contribution in [0.15, 0.2) is 30.3 Å². The van der Waals surface area contributed by atoms with Gasteiger partial charge < -0.3 is 24.3 Å². The Balaban J connectivity index is 1.69. The molecule has 0 aliphatic carbocycles. The smallest absolute Gasteiger partial charge is 0.280 e. The van der Waals surface area contributed by atoms with Crippen LogP contribution in [0.2, 0.25) is 5.02 Å². The van der Waals surface area contributed by atoms with Gasteiger partial charge in [-0.15, -0.1) is 0 Å². The van der Waals surface area contributed by atoms with Gasteiger partial charge in [-0.25, -0.2) is 5.01 Å². The minimum atomic E-state index is -0.284. The van der Waals surface area contributed by atoms with E-state index in [0.717, 1.165) is 18.4 Å². The monoisotopic (exact) mass is 493 g/mol. The van der Waals surface area contributed by atoms with Gasteiger partial charge in [0.05, 0.1) is 33.5 Å². The number of hydrogen-bond acceptors (Lipinski definition) is 6. The molecule has 10 heteroatoms. The molecular weight excluding hydrogens is 466 g/mol.